The van der Waals surface area contributed by atoms with Crippen molar-refractivity contribution in [2.24, 2.45) is 0 Å². The monoisotopic (exact) mass is 254 g/mol. The highest BCUT2D eigenvalue weighted by Crippen LogP contribution is 2.24. The number of amides is 1. The van der Waals surface area contributed by atoms with E-state index in [2.05, 4.69) is 30.2 Å². The largest absolute Gasteiger partial charge is 0.326 e. The summed E-state index contributed by atoms with van der Waals surface area (Å²) in [6.07, 6.45) is 1.83. The van der Waals surface area contributed by atoms with E-state index in [-0.39, 0.29) is 5.91 Å². The van der Waals surface area contributed by atoms with E-state index >= 15 is 0 Å². The smallest absolute Gasteiger partial charge is 0.221 e. The molecule has 0 radical (unpaired) electrons. The predicted octanol–water partition coefficient (Wildman–Crippen LogP) is 3.83. The summed E-state index contributed by atoms with van der Waals surface area (Å²) in [4.78, 5) is 15.4. The van der Waals surface area contributed by atoms with Gasteiger partial charge in [0.05, 0.1) is 0 Å². The third-order valence-corrected chi connectivity index (χ3v) is 2.89. The van der Waals surface area contributed by atoms with Gasteiger partial charge >= 0.3 is 0 Å². The number of aromatic nitrogens is 1. The van der Waals surface area contributed by atoms with Gasteiger partial charge in [-0.15, -0.1) is 0 Å². The van der Waals surface area contributed by atoms with Gasteiger partial charge in [-0.05, 0) is 41.3 Å². The van der Waals surface area contributed by atoms with Crippen molar-refractivity contribution in [3.05, 3.63) is 48.3 Å². The Hall–Kier alpha value is -2.16. The molecule has 0 aliphatic rings. The van der Waals surface area contributed by atoms with Crippen molar-refractivity contribution in [1.29, 1.82) is 0 Å². The maximum Gasteiger partial charge on any atom is 0.221 e. The number of pyridine rings is 1. The van der Waals surface area contributed by atoms with Gasteiger partial charge in [-0.25, -0.2) is 0 Å². The second kappa shape index (κ2) is 5.65. The minimum Gasteiger partial charge on any atom is -0.326 e. The topological polar surface area (TPSA) is 42.0 Å². The lowest BCUT2D eigenvalue weighted by Gasteiger charge is -2.09. The van der Waals surface area contributed by atoms with Crippen molar-refractivity contribution >= 4 is 11.6 Å². The second-order valence-electron chi connectivity index (χ2n) is 4.89. The van der Waals surface area contributed by atoms with E-state index in [1.165, 1.54) is 6.92 Å². The van der Waals surface area contributed by atoms with Crippen LogP contribution in [0.2, 0.25) is 0 Å². The van der Waals surface area contributed by atoms with Gasteiger partial charge in [0, 0.05) is 24.5 Å². The molecule has 2 rings (SSSR count). The lowest BCUT2D eigenvalue weighted by atomic mass is 10.0. The molecule has 98 valence electrons. The van der Waals surface area contributed by atoms with E-state index < -0.39 is 0 Å². The molecule has 0 bridgehead atoms. The second-order valence-corrected chi connectivity index (χ2v) is 4.89. The molecule has 1 aromatic carbocycles. The van der Waals surface area contributed by atoms with Gasteiger partial charge in [-0.2, -0.15) is 0 Å². The first kappa shape index (κ1) is 13.3. The minimum absolute atomic E-state index is 0.0604. The van der Waals surface area contributed by atoms with Gasteiger partial charge in [0.25, 0.3) is 0 Å². The lowest BCUT2D eigenvalue weighted by molar-refractivity contribution is -0.114. The summed E-state index contributed by atoms with van der Waals surface area (Å²) >= 11 is 0. The van der Waals surface area contributed by atoms with Crippen LogP contribution in [0.15, 0.2) is 42.6 Å². The van der Waals surface area contributed by atoms with Gasteiger partial charge < -0.3 is 5.32 Å². The van der Waals surface area contributed by atoms with Crippen molar-refractivity contribution in [1.82, 2.24) is 4.98 Å². The summed E-state index contributed by atoms with van der Waals surface area (Å²) in [5.41, 5.74) is 4.08. The van der Waals surface area contributed by atoms with Gasteiger partial charge in [-0.1, -0.05) is 26.0 Å². The fourth-order valence-electron chi connectivity index (χ4n) is 1.92. The van der Waals surface area contributed by atoms with Gasteiger partial charge in [0.15, 0.2) is 0 Å². The molecule has 1 heterocycles. The highest BCUT2D eigenvalue weighted by atomic mass is 16.1. The van der Waals surface area contributed by atoms with Crippen molar-refractivity contribution in [2.75, 3.05) is 5.32 Å². The third-order valence-electron chi connectivity index (χ3n) is 2.89. The number of benzene rings is 1. The number of carbonyl (C=O) groups is 1. The molecule has 1 aromatic heterocycles. The van der Waals surface area contributed by atoms with E-state index in [0.29, 0.717) is 5.92 Å². The fourth-order valence-corrected chi connectivity index (χ4v) is 1.92. The molecule has 0 spiro atoms. The Morgan fingerprint density at radius 1 is 1.16 bits per heavy atom. The summed E-state index contributed by atoms with van der Waals surface area (Å²) in [6, 6.07) is 11.9. The standard InChI is InChI=1S/C16H18N2O/c1-11(2)16-10-14(7-8-17-16)13-5-4-6-15(9-13)18-12(3)19/h4-11H,1-3H3,(H,18,19). The van der Waals surface area contributed by atoms with E-state index in [9.17, 15) is 4.79 Å². The van der Waals surface area contributed by atoms with Crippen LogP contribution in [-0.2, 0) is 4.79 Å². The normalized spacial score (nSPS) is 10.5. The van der Waals surface area contributed by atoms with Gasteiger partial charge in [-0.3, -0.25) is 9.78 Å². The van der Waals surface area contributed by atoms with Crippen LogP contribution in [0.5, 0.6) is 0 Å². The molecule has 0 aliphatic carbocycles. The van der Waals surface area contributed by atoms with Crippen LogP contribution in [0.1, 0.15) is 32.4 Å². The molecular formula is C16H18N2O. The molecular weight excluding hydrogens is 236 g/mol. The first-order valence-corrected chi connectivity index (χ1v) is 6.40. The number of rotatable bonds is 3. The summed E-state index contributed by atoms with van der Waals surface area (Å²) in [6.45, 7) is 5.76. The highest BCUT2D eigenvalue weighted by Gasteiger charge is 2.04. The Morgan fingerprint density at radius 3 is 2.58 bits per heavy atom. The number of hydrogen-bond donors (Lipinski definition) is 1. The Kier molecular flexibility index (Phi) is 3.95. The summed E-state index contributed by atoms with van der Waals surface area (Å²) < 4.78 is 0. The maximum absolute atomic E-state index is 11.1. The number of hydrogen-bond acceptors (Lipinski definition) is 2. The summed E-state index contributed by atoms with van der Waals surface area (Å²) in [5, 5.41) is 2.80. The molecule has 1 amide bonds. The van der Waals surface area contributed by atoms with Crippen molar-refractivity contribution in [2.45, 2.75) is 26.7 Å². The van der Waals surface area contributed by atoms with Crippen LogP contribution in [0.3, 0.4) is 0 Å². The molecule has 0 unspecified atom stereocenters. The zero-order valence-corrected chi connectivity index (χ0v) is 11.5. The van der Waals surface area contributed by atoms with Crippen LogP contribution >= 0.6 is 0 Å². The lowest BCUT2D eigenvalue weighted by Crippen LogP contribution is -2.05. The van der Waals surface area contributed by atoms with E-state index in [1.807, 2.05) is 36.5 Å². The van der Waals surface area contributed by atoms with E-state index in [0.717, 1.165) is 22.5 Å². The zero-order chi connectivity index (χ0) is 13.8. The first-order valence-electron chi connectivity index (χ1n) is 6.40. The predicted molar refractivity (Wildman–Crippen MR) is 78.1 cm³/mol. The zero-order valence-electron chi connectivity index (χ0n) is 11.5. The molecule has 19 heavy (non-hydrogen) atoms. The maximum atomic E-state index is 11.1. The average Bonchev–Trinajstić information content (AvgIpc) is 2.38. The van der Waals surface area contributed by atoms with Crippen LogP contribution in [0.25, 0.3) is 11.1 Å². The summed E-state index contributed by atoms with van der Waals surface area (Å²) in [5.74, 6) is 0.341. The fraction of sp³-hybridized carbons (Fsp3) is 0.250. The Balaban J connectivity index is 2.36. The van der Waals surface area contributed by atoms with Crippen molar-refractivity contribution in [3.8, 4) is 11.1 Å². The minimum atomic E-state index is -0.0604. The van der Waals surface area contributed by atoms with E-state index in [1.54, 1.807) is 0 Å². The van der Waals surface area contributed by atoms with Crippen LogP contribution in [0.4, 0.5) is 5.69 Å². The molecule has 1 N–H and O–H groups in total. The Bertz CT molecular complexity index is 591. The SMILES string of the molecule is CC(=O)Nc1cccc(-c2ccnc(C(C)C)c2)c1. The van der Waals surface area contributed by atoms with E-state index in [4.69, 9.17) is 0 Å². The third kappa shape index (κ3) is 3.41. The van der Waals surface area contributed by atoms with Crippen molar-refractivity contribution < 1.29 is 4.79 Å². The number of nitrogens with one attached hydrogen (secondary N) is 1. The van der Waals surface area contributed by atoms with Crippen LogP contribution < -0.4 is 5.32 Å². The number of anilines is 1. The van der Waals surface area contributed by atoms with Gasteiger partial charge in [0.1, 0.15) is 0 Å². The van der Waals surface area contributed by atoms with Crippen LogP contribution in [-0.4, -0.2) is 10.9 Å². The number of nitrogens with zero attached hydrogens (tertiary/aromatic N) is 1. The number of carbonyl (C=O) groups excluding carboxylic acids is 1. The van der Waals surface area contributed by atoms with Crippen LogP contribution in [0, 0.1) is 0 Å². The quantitative estimate of drug-likeness (QED) is 0.904. The molecule has 0 saturated heterocycles. The molecule has 3 nitrogen and oxygen atoms in total. The summed E-state index contributed by atoms with van der Waals surface area (Å²) in [7, 11) is 0. The molecule has 0 atom stereocenters. The first-order chi connectivity index (χ1) is 9.06. The molecule has 0 aliphatic heterocycles. The van der Waals surface area contributed by atoms with Crippen molar-refractivity contribution in [3.63, 3.8) is 0 Å². The Labute approximate surface area is 113 Å². The molecule has 2 aromatic rings. The highest BCUT2D eigenvalue weighted by molar-refractivity contribution is 5.89. The molecule has 0 saturated carbocycles. The molecule has 3 heteroatoms. The van der Waals surface area contributed by atoms with Gasteiger partial charge in [0.2, 0.25) is 5.91 Å². The Morgan fingerprint density at radius 2 is 1.89 bits per heavy atom. The molecule has 0 fully saturated rings. The average molecular weight is 254 g/mol.